The van der Waals surface area contributed by atoms with Crippen LogP contribution in [0.2, 0.25) is 0 Å². The monoisotopic (exact) mass is 416 g/mol. The van der Waals surface area contributed by atoms with Gasteiger partial charge < -0.3 is 41.0 Å². The molecule has 9 N–H and O–H groups in total. The van der Waals surface area contributed by atoms with Crippen LogP contribution in [0.5, 0.6) is 0 Å². The average Bonchev–Trinajstić information content (AvgIpc) is 3.22. The molecule has 10 nitrogen and oxygen atoms in total. The van der Waals surface area contributed by atoms with Crippen LogP contribution >= 0.6 is 0 Å². The van der Waals surface area contributed by atoms with Gasteiger partial charge in [-0.3, -0.25) is 10.6 Å². The number of hydrogen-bond donors (Lipinski definition) is 8. The minimum atomic E-state index is -1.87. The van der Waals surface area contributed by atoms with Gasteiger partial charge in [0.25, 0.3) is 0 Å². The Hall–Kier alpha value is -0.820. The van der Waals surface area contributed by atoms with E-state index in [9.17, 15) is 20.4 Å². The van der Waals surface area contributed by atoms with Crippen molar-refractivity contribution in [3.05, 3.63) is 11.8 Å². The lowest BCUT2D eigenvalue weighted by Gasteiger charge is -2.36. The number of nitrogens with one attached hydrogen (secondary N) is 3. The third kappa shape index (κ3) is 4.92. The largest absolute Gasteiger partial charge is 0.377 e. The van der Waals surface area contributed by atoms with Crippen molar-refractivity contribution in [2.45, 2.75) is 101 Å². The zero-order chi connectivity index (χ0) is 21.3. The van der Waals surface area contributed by atoms with E-state index in [1.807, 2.05) is 19.9 Å². The van der Waals surface area contributed by atoms with Crippen molar-refractivity contribution in [1.29, 1.82) is 0 Å². The molecule has 3 aliphatic rings. The number of nitrogens with two attached hydrogens (primary N) is 1. The summed E-state index contributed by atoms with van der Waals surface area (Å²) in [6.07, 6.45) is 0.582. The summed E-state index contributed by atoms with van der Waals surface area (Å²) in [7, 11) is 0. The first-order chi connectivity index (χ1) is 13.6. The summed E-state index contributed by atoms with van der Waals surface area (Å²) >= 11 is 0. The van der Waals surface area contributed by atoms with Gasteiger partial charge in [0.1, 0.15) is 12.5 Å². The van der Waals surface area contributed by atoms with Crippen molar-refractivity contribution in [3.8, 4) is 0 Å². The molecular weight excluding hydrogens is 380 g/mol. The van der Waals surface area contributed by atoms with Crippen LogP contribution in [-0.4, -0.2) is 75.4 Å². The Kier molecular flexibility index (Phi) is 7.19. The van der Waals surface area contributed by atoms with Crippen LogP contribution in [0.3, 0.4) is 0 Å². The highest BCUT2D eigenvalue weighted by Crippen LogP contribution is 2.37. The van der Waals surface area contributed by atoms with E-state index in [1.54, 1.807) is 6.92 Å². The molecule has 29 heavy (non-hydrogen) atoms. The average molecular weight is 417 g/mol. The van der Waals surface area contributed by atoms with E-state index < -0.39 is 48.9 Å². The lowest BCUT2D eigenvalue weighted by molar-refractivity contribution is -0.292. The number of aliphatic hydroxyl groups excluding tert-OH is 3. The predicted molar refractivity (Wildman–Crippen MR) is 105 cm³/mol. The van der Waals surface area contributed by atoms with Gasteiger partial charge in [-0.15, -0.1) is 0 Å². The van der Waals surface area contributed by atoms with Crippen molar-refractivity contribution in [2.75, 3.05) is 0 Å². The minimum absolute atomic E-state index is 0.0571. The van der Waals surface area contributed by atoms with Crippen LogP contribution in [0.1, 0.15) is 46.5 Å². The maximum atomic E-state index is 11.2. The van der Waals surface area contributed by atoms with Crippen molar-refractivity contribution in [1.82, 2.24) is 16.0 Å². The molecule has 0 amide bonds. The van der Waals surface area contributed by atoms with Crippen LogP contribution in [-0.2, 0) is 9.47 Å². The van der Waals surface area contributed by atoms with Gasteiger partial charge in [0, 0.05) is 24.2 Å². The standard InChI is InChI=1S/C19H36N4O6/c1-9(2)15(20)17(26)21-10(3)16(25)23-13-8-14(24)29-19(13,27)18-22-11-6-4-5-7-12(11)28-18/h6,9-10,12-18,21-27H,4-5,7-8,20H2,1-3H3/t10-,12?,13-,14?,15+,16?,17?,18?,19?/m0/s1. The Morgan fingerprint density at radius 1 is 1.28 bits per heavy atom. The Balaban J connectivity index is 1.62. The fraction of sp³-hybridized carbons (Fsp3) is 0.895. The number of fused-ring (bicyclic) bond motifs is 1. The van der Waals surface area contributed by atoms with Gasteiger partial charge in [-0.1, -0.05) is 19.9 Å². The Bertz CT molecular complexity index is 593. The smallest absolute Gasteiger partial charge is 0.230 e. The molecule has 0 bridgehead atoms. The molecule has 0 spiro atoms. The molecular formula is C19H36N4O6. The van der Waals surface area contributed by atoms with E-state index in [1.165, 1.54) is 0 Å². The summed E-state index contributed by atoms with van der Waals surface area (Å²) in [5.41, 5.74) is 6.85. The van der Waals surface area contributed by atoms with Gasteiger partial charge in [0.05, 0.1) is 12.1 Å². The first-order valence-electron chi connectivity index (χ1n) is 10.5. The zero-order valence-corrected chi connectivity index (χ0v) is 17.3. The lowest BCUT2D eigenvalue weighted by Crippen LogP contribution is -2.64. The molecule has 9 atom stereocenters. The summed E-state index contributed by atoms with van der Waals surface area (Å²) in [4.78, 5) is 0. The number of hydrogen-bond acceptors (Lipinski definition) is 10. The molecule has 0 aromatic rings. The van der Waals surface area contributed by atoms with Gasteiger partial charge in [-0.05, 0) is 32.1 Å². The summed E-state index contributed by atoms with van der Waals surface area (Å²) in [6.45, 7) is 5.48. The molecule has 168 valence electrons. The van der Waals surface area contributed by atoms with Crippen LogP contribution in [0, 0.1) is 5.92 Å². The fourth-order valence-corrected chi connectivity index (χ4v) is 4.03. The van der Waals surface area contributed by atoms with Gasteiger partial charge in [-0.25, -0.2) is 0 Å². The second kappa shape index (κ2) is 9.13. The number of ether oxygens (including phenoxy) is 2. The summed E-state index contributed by atoms with van der Waals surface area (Å²) in [5, 5.41) is 50.8. The van der Waals surface area contributed by atoms with Crippen molar-refractivity contribution >= 4 is 0 Å². The molecule has 2 fully saturated rings. The van der Waals surface area contributed by atoms with Gasteiger partial charge >= 0.3 is 0 Å². The van der Waals surface area contributed by atoms with Gasteiger partial charge in [0.15, 0.2) is 12.5 Å². The highest BCUT2D eigenvalue weighted by molar-refractivity contribution is 5.16. The van der Waals surface area contributed by atoms with E-state index in [2.05, 4.69) is 16.0 Å². The second-order valence-electron chi connectivity index (χ2n) is 8.69. The molecule has 2 heterocycles. The van der Waals surface area contributed by atoms with Crippen LogP contribution in [0.15, 0.2) is 11.8 Å². The minimum Gasteiger partial charge on any atom is -0.377 e. The van der Waals surface area contributed by atoms with Crippen LogP contribution in [0.4, 0.5) is 0 Å². The molecule has 0 aromatic carbocycles. The Morgan fingerprint density at radius 3 is 2.66 bits per heavy atom. The van der Waals surface area contributed by atoms with E-state index in [0.717, 1.165) is 25.0 Å². The highest BCUT2D eigenvalue weighted by Gasteiger charge is 2.57. The molecule has 3 rings (SSSR count). The fourth-order valence-electron chi connectivity index (χ4n) is 4.03. The van der Waals surface area contributed by atoms with Crippen LogP contribution in [0.25, 0.3) is 0 Å². The maximum absolute atomic E-state index is 11.2. The molecule has 6 unspecified atom stereocenters. The normalized spacial score (nSPS) is 38.9. The molecule has 10 heteroatoms. The molecule has 1 aliphatic carbocycles. The zero-order valence-electron chi connectivity index (χ0n) is 17.3. The number of aliphatic hydroxyl groups is 4. The summed E-state index contributed by atoms with van der Waals surface area (Å²) in [6, 6.07) is -1.88. The molecule has 0 radical (unpaired) electrons. The predicted octanol–water partition coefficient (Wildman–Crippen LogP) is -1.65. The second-order valence-corrected chi connectivity index (χ2v) is 8.69. The summed E-state index contributed by atoms with van der Waals surface area (Å²) in [5.74, 6) is -1.81. The topological polar surface area (TPSA) is 161 Å². The van der Waals surface area contributed by atoms with Crippen molar-refractivity contribution in [3.63, 3.8) is 0 Å². The third-order valence-electron chi connectivity index (χ3n) is 6.03. The molecule has 2 aliphatic heterocycles. The van der Waals surface area contributed by atoms with Gasteiger partial charge in [0.2, 0.25) is 5.79 Å². The molecule has 0 aromatic heterocycles. The number of rotatable bonds is 8. The SMILES string of the molecule is CC(C)[C@@H](N)C(O)N[C@@H](C)C(O)N[C@H]1CC(O)OC1(O)C1NC2=CCCCC2O1. The quantitative estimate of drug-likeness (QED) is 0.215. The van der Waals surface area contributed by atoms with Crippen molar-refractivity contribution in [2.24, 2.45) is 11.7 Å². The van der Waals surface area contributed by atoms with Crippen LogP contribution < -0.4 is 21.7 Å². The first-order valence-corrected chi connectivity index (χ1v) is 10.5. The first kappa shape index (κ1) is 22.9. The third-order valence-corrected chi connectivity index (χ3v) is 6.03. The lowest BCUT2D eigenvalue weighted by atomic mass is 10.0. The van der Waals surface area contributed by atoms with Crippen molar-refractivity contribution < 1.29 is 29.9 Å². The molecule has 2 saturated heterocycles. The summed E-state index contributed by atoms with van der Waals surface area (Å²) < 4.78 is 11.4. The Morgan fingerprint density at radius 2 is 2.00 bits per heavy atom. The Labute approximate surface area is 171 Å². The molecule has 0 saturated carbocycles. The van der Waals surface area contributed by atoms with E-state index >= 15 is 0 Å². The maximum Gasteiger partial charge on any atom is 0.230 e. The van der Waals surface area contributed by atoms with E-state index in [-0.39, 0.29) is 18.4 Å². The van der Waals surface area contributed by atoms with Gasteiger partial charge in [-0.2, -0.15) is 0 Å². The van der Waals surface area contributed by atoms with E-state index in [0.29, 0.717) is 0 Å². The highest BCUT2D eigenvalue weighted by atomic mass is 16.7. The number of allylic oxidation sites excluding steroid dienone is 1. The van der Waals surface area contributed by atoms with E-state index in [4.69, 9.17) is 15.2 Å².